The Morgan fingerprint density at radius 1 is 1.29 bits per heavy atom. The van der Waals surface area contributed by atoms with E-state index in [4.69, 9.17) is 0 Å². The largest absolute Gasteiger partial charge is 0.369 e. The fourth-order valence-electron chi connectivity index (χ4n) is 1.59. The number of carbonyl (C=O) groups excluding carboxylic acids is 1. The van der Waals surface area contributed by atoms with Crippen LogP contribution in [0.2, 0.25) is 0 Å². The molecule has 0 spiro atoms. The second-order valence-electron chi connectivity index (χ2n) is 3.59. The van der Waals surface area contributed by atoms with Crippen LogP contribution in [0.15, 0.2) is 24.3 Å². The van der Waals surface area contributed by atoms with Gasteiger partial charge in [0.2, 0.25) is 0 Å². The Morgan fingerprint density at radius 3 is 2.21 bits per heavy atom. The summed E-state index contributed by atoms with van der Waals surface area (Å²) in [6, 6.07) is 8.18. The molecule has 1 rings (SSSR count). The SMILES string of the molecule is CCN(c1ccc(C=O)cc1)C(C)C. The fraction of sp³-hybridized carbons (Fsp3) is 0.417. The Labute approximate surface area is 85.5 Å². The summed E-state index contributed by atoms with van der Waals surface area (Å²) in [5.74, 6) is 0. The second-order valence-corrected chi connectivity index (χ2v) is 3.59. The Hall–Kier alpha value is -1.31. The van der Waals surface area contributed by atoms with Gasteiger partial charge in [0, 0.05) is 23.8 Å². The van der Waals surface area contributed by atoms with Gasteiger partial charge in [-0.05, 0) is 45.0 Å². The highest BCUT2D eigenvalue weighted by atomic mass is 16.1. The van der Waals surface area contributed by atoms with Crippen molar-refractivity contribution in [1.29, 1.82) is 0 Å². The lowest BCUT2D eigenvalue weighted by Gasteiger charge is -2.27. The number of nitrogens with zero attached hydrogens (tertiary/aromatic N) is 1. The van der Waals surface area contributed by atoms with Gasteiger partial charge in [0.05, 0.1) is 0 Å². The summed E-state index contributed by atoms with van der Waals surface area (Å²) in [6.45, 7) is 7.44. The van der Waals surface area contributed by atoms with Crippen molar-refractivity contribution >= 4 is 12.0 Å². The highest BCUT2D eigenvalue weighted by molar-refractivity contribution is 5.75. The zero-order chi connectivity index (χ0) is 10.6. The van der Waals surface area contributed by atoms with Gasteiger partial charge in [0.25, 0.3) is 0 Å². The molecule has 0 unspecified atom stereocenters. The highest BCUT2D eigenvalue weighted by Gasteiger charge is 2.07. The van der Waals surface area contributed by atoms with Crippen molar-refractivity contribution in [3.63, 3.8) is 0 Å². The van der Waals surface area contributed by atoms with E-state index in [-0.39, 0.29) is 0 Å². The first-order valence-corrected chi connectivity index (χ1v) is 5.01. The van der Waals surface area contributed by atoms with Crippen molar-refractivity contribution in [2.75, 3.05) is 11.4 Å². The van der Waals surface area contributed by atoms with E-state index in [1.165, 1.54) is 5.69 Å². The topological polar surface area (TPSA) is 20.3 Å². The third kappa shape index (κ3) is 2.34. The molecule has 0 saturated carbocycles. The molecule has 0 amide bonds. The molecule has 0 atom stereocenters. The van der Waals surface area contributed by atoms with Crippen LogP contribution in [0, 0.1) is 0 Å². The molecular formula is C12H17NO. The van der Waals surface area contributed by atoms with Gasteiger partial charge in [-0.25, -0.2) is 0 Å². The zero-order valence-corrected chi connectivity index (χ0v) is 9.03. The average Bonchev–Trinajstić information content (AvgIpc) is 2.19. The molecule has 0 heterocycles. The number of anilines is 1. The van der Waals surface area contributed by atoms with E-state index in [0.717, 1.165) is 18.4 Å². The molecule has 0 aliphatic rings. The van der Waals surface area contributed by atoms with E-state index < -0.39 is 0 Å². The van der Waals surface area contributed by atoms with E-state index in [0.29, 0.717) is 6.04 Å². The third-order valence-corrected chi connectivity index (χ3v) is 2.32. The Balaban J connectivity index is 2.89. The Bertz CT molecular complexity index is 290. The summed E-state index contributed by atoms with van der Waals surface area (Å²) >= 11 is 0. The number of hydrogen-bond acceptors (Lipinski definition) is 2. The Kier molecular flexibility index (Phi) is 3.69. The summed E-state index contributed by atoms with van der Waals surface area (Å²) in [5.41, 5.74) is 1.90. The molecule has 0 N–H and O–H groups in total. The van der Waals surface area contributed by atoms with Gasteiger partial charge in [0.15, 0.2) is 0 Å². The van der Waals surface area contributed by atoms with Crippen LogP contribution in [0.5, 0.6) is 0 Å². The van der Waals surface area contributed by atoms with Crippen LogP contribution < -0.4 is 4.90 Å². The maximum atomic E-state index is 10.5. The minimum atomic E-state index is 0.488. The predicted octanol–water partition coefficient (Wildman–Crippen LogP) is 2.73. The van der Waals surface area contributed by atoms with Crippen LogP contribution in [0.25, 0.3) is 0 Å². The van der Waals surface area contributed by atoms with Crippen LogP contribution in [0.3, 0.4) is 0 Å². The highest BCUT2D eigenvalue weighted by Crippen LogP contribution is 2.16. The quantitative estimate of drug-likeness (QED) is 0.682. The number of carbonyl (C=O) groups is 1. The lowest BCUT2D eigenvalue weighted by Crippen LogP contribution is -2.30. The maximum Gasteiger partial charge on any atom is 0.150 e. The van der Waals surface area contributed by atoms with Crippen molar-refractivity contribution in [2.45, 2.75) is 26.8 Å². The van der Waals surface area contributed by atoms with Gasteiger partial charge < -0.3 is 4.90 Å². The van der Waals surface area contributed by atoms with Gasteiger partial charge >= 0.3 is 0 Å². The summed E-state index contributed by atoms with van der Waals surface area (Å²) in [6.07, 6.45) is 0.870. The molecule has 0 aromatic heterocycles. The summed E-state index contributed by atoms with van der Waals surface area (Å²) in [4.78, 5) is 12.8. The standard InChI is InChI=1S/C12H17NO/c1-4-13(10(2)3)12-7-5-11(9-14)6-8-12/h5-10H,4H2,1-3H3. The molecule has 0 bridgehead atoms. The van der Waals surface area contributed by atoms with Gasteiger partial charge in [-0.15, -0.1) is 0 Å². The third-order valence-electron chi connectivity index (χ3n) is 2.32. The lowest BCUT2D eigenvalue weighted by atomic mass is 10.2. The minimum absolute atomic E-state index is 0.488. The van der Waals surface area contributed by atoms with Gasteiger partial charge in [-0.1, -0.05) is 0 Å². The van der Waals surface area contributed by atoms with E-state index in [2.05, 4.69) is 25.7 Å². The van der Waals surface area contributed by atoms with Crippen molar-refractivity contribution in [1.82, 2.24) is 0 Å². The normalized spacial score (nSPS) is 10.3. The van der Waals surface area contributed by atoms with Crippen LogP contribution in [-0.2, 0) is 0 Å². The monoisotopic (exact) mass is 191 g/mol. The first-order chi connectivity index (χ1) is 6.69. The maximum absolute atomic E-state index is 10.5. The lowest BCUT2D eigenvalue weighted by molar-refractivity contribution is 0.112. The second kappa shape index (κ2) is 4.80. The van der Waals surface area contributed by atoms with Crippen LogP contribution in [0.1, 0.15) is 31.1 Å². The molecule has 2 nitrogen and oxygen atoms in total. The van der Waals surface area contributed by atoms with Crippen LogP contribution >= 0.6 is 0 Å². The van der Waals surface area contributed by atoms with Crippen molar-refractivity contribution in [2.24, 2.45) is 0 Å². The van der Waals surface area contributed by atoms with E-state index in [1.54, 1.807) is 0 Å². The zero-order valence-electron chi connectivity index (χ0n) is 9.03. The molecule has 1 aromatic carbocycles. The van der Waals surface area contributed by atoms with Crippen molar-refractivity contribution < 1.29 is 4.79 Å². The fourth-order valence-corrected chi connectivity index (χ4v) is 1.59. The summed E-state index contributed by atoms with van der Waals surface area (Å²) < 4.78 is 0. The number of benzene rings is 1. The van der Waals surface area contributed by atoms with Crippen molar-refractivity contribution in [3.05, 3.63) is 29.8 Å². The first-order valence-electron chi connectivity index (χ1n) is 5.01. The average molecular weight is 191 g/mol. The molecule has 2 heteroatoms. The predicted molar refractivity (Wildman–Crippen MR) is 60.0 cm³/mol. The van der Waals surface area contributed by atoms with Crippen molar-refractivity contribution in [3.8, 4) is 0 Å². The number of hydrogen-bond donors (Lipinski definition) is 0. The summed E-state index contributed by atoms with van der Waals surface area (Å²) in [7, 11) is 0. The summed E-state index contributed by atoms with van der Waals surface area (Å²) in [5, 5.41) is 0. The minimum Gasteiger partial charge on any atom is -0.369 e. The van der Waals surface area contributed by atoms with Crippen LogP contribution in [0.4, 0.5) is 5.69 Å². The molecule has 0 aliphatic carbocycles. The molecule has 76 valence electrons. The Morgan fingerprint density at radius 2 is 1.86 bits per heavy atom. The van der Waals surface area contributed by atoms with E-state index in [9.17, 15) is 4.79 Å². The van der Waals surface area contributed by atoms with E-state index in [1.807, 2.05) is 24.3 Å². The number of rotatable bonds is 4. The number of aldehydes is 1. The molecule has 1 aromatic rings. The molecule has 0 fully saturated rings. The smallest absolute Gasteiger partial charge is 0.150 e. The van der Waals surface area contributed by atoms with Gasteiger partial charge in [-0.2, -0.15) is 0 Å². The molecule has 14 heavy (non-hydrogen) atoms. The van der Waals surface area contributed by atoms with Crippen LogP contribution in [-0.4, -0.2) is 18.9 Å². The molecular weight excluding hydrogens is 174 g/mol. The van der Waals surface area contributed by atoms with Gasteiger partial charge in [-0.3, -0.25) is 4.79 Å². The molecule has 0 radical (unpaired) electrons. The van der Waals surface area contributed by atoms with E-state index >= 15 is 0 Å². The molecule has 0 aliphatic heterocycles. The molecule has 0 saturated heterocycles. The van der Waals surface area contributed by atoms with Gasteiger partial charge in [0.1, 0.15) is 6.29 Å². The first kappa shape index (κ1) is 10.8.